The highest BCUT2D eigenvalue weighted by Crippen LogP contribution is 2.35. The number of carbonyl (C=O) groups is 2. The van der Waals surface area contributed by atoms with Crippen LogP contribution in [0.2, 0.25) is 0 Å². The molecule has 0 spiro atoms. The molecule has 2 aliphatic rings. The Balaban J connectivity index is 1.62. The number of hydrogen-bond donors (Lipinski definition) is 1. The molecule has 1 fully saturated rings. The lowest BCUT2D eigenvalue weighted by Gasteiger charge is -2.33. The second-order valence-corrected chi connectivity index (χ2v) is 9.97. The zero-order chi connectivity index (χ0) is 26.6. The SMILES string of the molecule is COc1ccc([C@@H](C(=O)NC2CCCC2)N(C(=O)c2ccc3c(c2)OCCO3)c2ccc(C)c(C)c2)cc1. The fourth-order valence-corrected chi connectivity index (χ4v) is 5.13. The zero-order valence-corrected chi connectivity index (χ0v) is 22.2. The molecule has 1 N–H and O–H groups in total. The van der Waals surface area contributed by atoms with Crippen molar-refractivity contribution >= 4 is 17.5 Å². The van der Waals surface area contributed by atoms with Gasteiger partial charge in [-0.1, -0.05) is 31.0 Å². The summed E-state index contributed by atoms with van der Waals surface area (Å²) in [5, 5.41) is 3.23. The summed E-state index contributed by atoms with van der Waals surface area (Å²) in [6, 6.07) is 17.6. The monoisotopic (exact) mass is 514 g/mol. The van der Waals surface area contributed by atoms with E-state index in [1.54, 1.807) is 30.2 Å². The van der Waals surface area contributed by atoms with Gasteiger partial charge in [-0.15, -0.1) is 0 Å². The summed E-state index contributed by atoms with van der Waals surface area (Å²) in [6.07, 6.45) is 4.08. The maximum absolute atomic E-state index is 14.3. The highest BCUT2D eigenvalue weighted by atomic mass is 16.6. The topological polar surface area (TPSA) is 77.1 Å². The van der Waals surface area contributed by atoms with Gasteiger partial charge in [0.2, 0.25) is 5.91 Å². The molecule has 7 heteroatoms. The van der Waals surface area contributed by atoms with E-state index < -0.39 is 6.04 Å². The van der Waals surface area contributed by atoms with Gasteiger partial charge in [-0.25, -0.2) is 0 Å². The van der Waals surface area contributed by atoms with Crippen molar-refractivity contribution in [2.24, 2.45) is 0 Å². The average Bonchev–Trinajstić information content (AvgIpc) is 3.45. The van der Waals surface area contributed by atoms with Crippen LogP contribution in [-0.2, 0) is 4.79 Å². The minimum Gasteiger partial charge on any atom is -0.497 e. The number of rotatable bonds is 7. The molecule has 0 unspecified atom stereocenters. The highest BCUT2D eigenvalue weighted by Gasteiger charge is 2.35. The van der Waals surface area contributed by atoms with Crippen molar-refractivity contribution in [3.63, 3.8) is 0 Å². The van der Waals surface area contributed by atoms with Crippen molar-refractivity contribution in [2.75, 3.05) is 25.2 Å². The van der Waals surface area contributed by atoms with E-state index >= 15 is 0 Å². The van der Waals surface area contributed by atoms with Crippen LogP contribution in [0.15, 0.2) is 60.7 Å². The standard InChI is InChI=1S/C31H34N2O5/c1-20-8-12-25(18-21(20)2)33(31(35)23-11-15-27-28(19-23)38-17-16-37-27)29(22-9-13-26(36-3)14-10-22)30(34)32-24-6-4-5-7-24/h8-15,18-19,24,29H,4-7,16-17H2,1-3H3,(H,32,34)/t29-/m0/s1. The van der Waals surface area contributed by atoms with Crippen LogP contribution in [-0.4, -0.2) is 38.2 Å². The normalized spacial score (nSPS) is 15.6. The van der Waals surface area contributed by atoms with Gasteiger partial charge in [-0.05, 0) is 85.8 Å². The number of ether oxygens (including phenoxy) is 3. The maximum Gasteiger partial charge on any atom is 0.259 e. The number of methoxy groups -OCH3 is 1. The Kier molecular flexibility index (Phi) is 7.54. The van der Waals surface area contributed by atoms with E-state index in [1.165, 1.54) is 0 Å². The first-order valence-electron chi connectivity index (χ1n) is 13.2. The highest BCUT2D eigenvalue weighted by molar-refractivity contribution is 6.10. The molecule has 1 aliphatic carbocycles. The molecule has 0 bridgehead atoms. The fraction of sp³-hybridized carbons (Fsp3) is 0.355. The number of amides is 2. The van der Waals surface area contributed by atoms with Crippen LogP contribution in [0, 0.1) is 13.8 Å². The molecule has 1 aliphatic heterocycles. The Bertz CT molecular complexity index is 1310. The zero-order valence-electron chi connectivity index (χ0n) is 22.2. The van der Waals surface area contributed by atoms with Crippen molar-refractivity contribution in [1.29, 1.82) is 0 Å². The number of nitrogens with one attached hydrogen (secondary N) is 1. The van der Waals surface area contributed by atoms with Crippen molar-refractivity contribution in [2.45, 2.75) is 51.6 Å². The summed E-state index contributed by atoms with van der Waals surface area (Å²) in [4.78, 5) is 29.9. The summed E-state index contributed by atoms with van der Waals surface area (Å²) in [6.45, 7) is 4.92. The van der Waals surface area contributed by atoms with Gasteiger partial charge in [-0.2, -0.15) is 0 Å². The largest absolute Gasteiger partial charge is 0.497 e. The van der Waals surface area contributed by atoms with E-state index in [-0.39, 0.29) is 17.9 Å². The Labute approximate surface area is 223 Å². The molecule has 1 heterocycles. The third kappa shape index (κ3) is 5.32. The predicted octanol–water partition coefficient (Wildman–Crippen LogP) is 5.53. The van der Waals surface area contributed by atoms with E-state index in [0.717, 1.165) is 36.8 Å². The van der Waals surface area contributed by atoms with Crippen LogP contribution < -0.4 is 24.4 Å². The summed E-state index contributed by atoms with van der Waals surface area (Å²) in [7, 11) is 1.60. The molecular weight excluding hydrogens is 480 g/mol. The van der Waals surface area contributed by atoms with Crippen molar-refractivity contribution in [3.8, 4) is 17.2 Å². The number of benzene rings is 3. The Morgan fingerprint density at radius 3 is 2.29 bits per heavy atom. The Morgan fingerprint density at radius 2 is 1.61 bits per heavy atom. The first-order valence-corrected chi connectivity index (χ1v) is 13.2. The maximum atomic E-state index is 14.3. The van der Waals surface area contributed by atoms with Crippen LogP contribution in [0.5, 0.6) is 17.2 Å². The van der Waals surface area contributed by atoms with E-state index in [0.29, 0.717) is 47.3 Å². The van der Waals surface area contributed by atoms with Gasteiger partial charge in [0.1, 0.15) is 25.0 Å². The van der Waals surface area contributed by atoms with Gasteiger partial charge < -0.3 is 19.5 Å². The fourth-order valence-electron chi connectivity index (χ4n) is 5.13. The van der Waals surface area contributed by atoms with Crippen LogP contribution in [0.25, 0.3) is 0 Å². The number of fused-ring (bicyclic) bond motifs is 1. The summed E-state index contributed by atoms with van der Waals surface area (Å²) in [5.74, 6) is 1.31. The number of hydrogen-bond acceptors (Lipinski definition) is 5. The first kappa shape index (κ1) is 25.6. The van der Waals surface area contributed by atoms with E-state index in [9.17, 15) is 9.59 Å². The van der Waals surface area contributed by atoms with Gasteiger partial charge in [-0.3, -0.25) is 14.5 Å². The summed E-state index contributed by atoms with van der Waals surface area (Å²) < 4.78 is 16.8. The smallest absolute Gasteiger partial charge is 0.259 e. The Hall–Kier alpha value is -4.00. The minimum absolute atomic E-state index is 0.106. The first-order chi connectivity index (χ1) is 18.4. The van der Waals surface area contributed by atoms with Crippen LogP contribution >= 0.6 is 0 Å². The van der Waals surface area contributed by atoms with Gasteiger partial charge in [0, 0.05) is 17.3 Å². The molecule has 2 amide bonds. The molecule has 7 nitrogen and oxygen atoms in total. The summed E-state index contributed by atoms with van der Waals surface area (Å²) in [5.41, 5.74) is 3.91. The molecule has 0 radical (unpaired) electrons. The Morgan fingerprint density at radius 1 is 0.895 bits per heavy atom. The third-order valence-corrected chi connectivity index (χ3v) is 7.42. The van der Waals surface area contributed by atoms with Gasteiger partial charge >= 0.3 is 0 Å². The van der Waals surface area contributed by atoms with Gasteiger partial charge in [0.15, 0.2) is 11.5 Å². The third-order valence-electron chi connectivity index (χ3n) is 7.42. The number of carbonyl (C=O) groups excluding carboxylic acids is 2. The lowest BCUT2D eigenvalue weighted by Crippen LogP contribution is -2.46. The second kappa shape index (κ2) is 11.2. The lowest BCUT2D eigenvalue weighted by atomic mass is 9.99. The molecule has 3 aromatic carbocycles. The lowest BCUT2D eigenvalue weighted by molar-refractivity contribution is -0.123. The van der Waals surface area contributed by atoms with E-state index in [1.807, 2.05) is 56.3 Å². The van der Waals surface area contributed by atoms with Crippen molar-refractivity contribution in [1.82, 2.24) is 5.32 Å². The molecule has 3 aromatic rings. The van der Waals surface area contributed by atoms with Crippen molar-refractivity contribution < 1.29 is 23.8 Å². The molecule has 5 rings (SSSR count). The molecule has 1 saturated carbocycles. The molecule has 198 valence electrons. The van der Waals surface area contributed by atoms with E-state index in [4.69, 9.17) is 14.2 Å². The predicted molar refractivity (Wildman–Crippen MR) is 146 cm³/mol. The van der Waals surface area contributed by atoms with Gasteiger partial charge in [0.05, 0.1) is 7.11 Å². The van der Waals surface area contributed by atoms with E-state index in [2.05, 4.69) is 5.32 Å². The number of nitrogens with zero attached hydrogens (tertiary/aromatic N) is 1. The van der Waals surface area contributed by atoms with Crippen LogP contribution in [0.4, 0.5) is 5.69 Å². The van der Waals surface area contributed by atoms with Crippen LogP contribution in [0.1, 0.15) is 58.8 Å². The molecule has 38 heavy (non-hydrogen) atoms. The van der Waals surface area contributed by atoms with Crippen molar-refractivity contribution in [3.05, 3.63) is 82.9 Å². The minimum atomic E-state index is -0.885. The van der Waals surface area contributed by atoms with Crippen LogP contribution in [0.3, 0.4) is 0 Å². The average molecular weight is 515 g/mol. The quantitative estimate of drug-likeness (QED) is 0.449. The molecule has 1 atom stereocenters. The summed E-state index contributed by atoms with van der Waals surface area (Å²) >= 11 is 0. The second-order valence-electron chi connectivity index (χ2n) is 9.97. The molecule has 0 aromatic heterocycles. The number of anilines is 1. The van der Waals surface area contributed by atoms with Gasteiger partial charge in [0.25, 0.3) is 5.91 Å². The molecular formula is C31H34N2O5. The molecule has 0 saturated heterocycles. The number of aryl methyl sites for hydroxylation is 2.